The Kier molecular flexibility index (Phi) is 4.90. The summed E-state index contributed by atoms with van der Waals surface area (Å²) in [5.41, 5.74) is 4.48. The molecular weight excluding hydrogens is 344 g/mol. The van der Waals surface area contributed by atoms with Gasteiger partial charge in [-0.15, -0.1) is 0 Å². The Balaban J connectivity index is 1.94. The highest BCUT2D eigenvalue weighted by molar-refractivity contribution is 6.36. The predicted octanol–water partition coefficient (Wildman–Crippen LogP) is 3.85. The number of fused-ring (bicyclic) bond motifs is 1. The van der Waals surface area contributed by atoms with Crippen LogP contribution in [-0.2, 0) is 16.1 Å². The van der Waals surface area contributed by atoms with Gasteiger partial charge in [0.1, 0.15) is 5.75 Å². The maximum Gasteiger partial charge on any atom is 0.394 e. The monoisotopic (exact) mass is 366 g/mol. The molecule has 2 aromatic carbocycles. The number of benzene rings is 2. The van der Waals surface area contributed by atoms with Crippen LogP contribution in [0.5, 0.6) is 5.75 Å². The van der Waals surface area contributed by atoms with E-state index in [1.807, 2.05) is 45.0 Å². The molecule has 0 fully saturated rings. The van der Waals surface area contributed by atoms with E-state index in [1.54, 1.807) is 18.2 Å². The third-order valence-electron chi connectivity index (χ3n) is 4.62. The SMILES string of the molecule is Cc1cc2cc(NC(=O)C(=O)O)ccc2n1Cc1ccc(O)c(C(C)C)c1. The number of amides is 1. The lowest BCUT2D eigenvalue weighted by Crippen LogP contribution is -2.21. The summed E-state index contributed by atoms with van der Waals surface area (Å²) in [6.07, 6.45) is 0. The summed E-state index contributed by atoms with van der Waals surface area (Å²) in [7, 11) is 0. The van der Waals surface area contributed by atoms with Gasteiger partial charge in [0.05, 0.1) is 0 Å². The molecule has 3 rings (SSSR count). The lowest BCUT2D eigenvalue weighted by Gasteiger charge is -2.13. The number of aromatic hydroxyl groups is 1. The average Bonchev–Trinajstić information content (AvgIpc) is 2.91. The van der Waals surface area contributed by atoms with Crippen molar-refractivity contribution >= 4 is 28.5 Å². The van der Waals surface area contributed by atoms with Crippen molar-refractivity contribution in [2.24, 2.45) is 0 Å². The maximum atomic E-state index is 11.3. The molecule has 0 unspecified atom stereocenters. The highest BCUT2D eigenvalue weighted by Gasteiger charge is 2.13. The molecule has 0 saturated heterocycles. The number of phenolic OH excluding ortho intramolecular Hbond substituents is 1. The van der Waals surface area contributed by atoms with Crippen molar-refractivity contribution in [3.8, 4) is 5.75 Å². The number of carboxylic acid groups (broad SMARTS) is 1. The second-order valence-electron chi connectivity index (χ2n) is 6.95. The van der Waals surface area contributed by atoms with E-state index in [9.17, 15) is 14.7 Å². The summed E-state index contributed by atoms with van der Waals surface area (Å²) in [6.45, 7) is 6.74. The topological polar surface area (TPSA) is 91.6 Å². The van der Waals surface area contributed by atoms with Crippen LogP contribution in [0.3, 0.4) is 0 Å². The van der Waals surface area contributed by atoms with Gasteiger partial charge in [-0.05, 0) is 54.3 Å². The van der Waals surface area contributed by atoms with Gasteiger partial charge >= 0.3 is 11.9 Å². The molecule has 0 saturated carbocycles. The molecule has 0 bridgehead atoms. The fraction of sp³-hybridized carbons (Fsp3) is 0.238. The van der Waals surface area contributed by atoms with Gasteiger partial charge in [0.2, 0.25) is 0 Å². The molecular formula is C21H22N2O4. The van der Waals surface area contributed by atoms with Crippen molar-refractivity contribution in [2.75, 3.05) is 5.32 Å². The quantitative estimate of drug-likeness (QED) is 0.612. The molecule has 1 amide bonds. The minimum Gasteiger partial charge on any atom is -0.508 e. The molecule has 0 spiro atoms. The summed E-state index contributed by atoms with van der Waals surface area (Å²) < 4.78 is 2.15. The van der Waals surface area contributed by atoms with E-state index in [0.717, 1.165) is 27.7 Å². The molecule has 6 nitrogen and oxygen atoms in total. The van der Waals surface area contributed by atoms with Gasteiger partial charge in [0, 0.05) is 28.8 Å². The number of aliphatic carboxylic acids is 1. The smallest absolute Gasteiger partial charge is 0.394 e. The fourth-order valence-corrected chi connectivity index (χ4v) is 3.23. The van der Waals surface area contributed by atoms with E-state index in [0.29, 0.717) is 18.0 Å². The molecule has 0 radical (unpaired) electrons. The normalized spacial score (nSPS) is 11.1. The molecule has 0 aliphatic carbocycles. The van der Waals surface area contributed by atoms with Crippen molar-refractivity contribution in [2.45, 2.75) is 33.2 Å². The Morgan fingerprint density at radius 3 is 2.52 bits per heavy atom. The molecule has 6 heteroatoms. The van der Waals surface area contributed by atoms with Crippen LogP contribution in [0.1, 0.15) is 36.6 Å². The van der Waals surface area contributed by atoms with Crippen molar-refractivity contribution < 1.29 is 19.8 Å². The van der Waals surface area contributed by atoms with Gasteiger partial charge in [-0.25, -0.2) is 4.79 Å². The first kappa shape index (κ1) is 18.5. The van der Waals surface area contributed by atoms with E-state index in [1.165, 1.54) is 0 Å². The lowest BCUT2D eigenvalue weighted by atomic mass is 9.99. The molecule has 0 aliphatic heterocycles. The lowest BCUT2D eigenvalue weighted by molar-refractivity contribution is -0.147. The van der Waals surface area contributed by atoms with Gasteiger partial charge in [-0.3, -0.25) is 4.79 Å². The van der Waals surface area contributed by atoms with Crippen molar-refractivity contribution in [1.29, 1.82) is 0 Å². The molecule has 140 valence electrons. The van der Waals surface area contributed by atoms with E-state index < -0.39 is 11.9 Å². The number of hydrogen-bond donors (Lipinski definition) is 3. The zero-order valence-corrected chi connectivity index (χ0v) is 15.5. The zero-order chi connectivity index (χ0) is 19.7. The molecule has 1 heterocycles. The van der Waals surface area contributed by atoms with Crippen LogP contribution >= 0.6 is 0 Å². The second kappa shape index (κ2) is 7.15. The van der Waals surface area contributed by atoms with Gasteiger partial charge in [0.25, 0.3) is 0 Å². The Labute approximate surface area is 157 Å². The van der Waals surface area contributed by atoms with Gasteiger partial charge < -0.3 is 20.1 Å². The van der Waals surface area contributed by atoms with Gasteiger partial charge in [0.15, 0.2) is 0 Å². The number of aromatic nitrogens is 1. The van der Waals surface area contributed by atoms with Gasteiger partial charge in [-0.2, -0.15) is 0 Å². The van der Waals surface area contributed by atoms with E-state index in [2.05, 4.69) is 9.88 Å². The van der Waals surface area contributed by atoms with E-state index in [-0.39, 0.29) is 5.92 Å². The number of carbonyl (C=O) groups excluding carboxylic acids is 1. The van der Waals surface area contributed by atoms with Crippen LogP contribution in [0.25, 0.3) is 10.9 Å². The number of carboxylic acids is 1. The Morgan fingerprint density at radius 1 is 1.11 bits per heavy atom. The van der Waals surface area contributed by atoms with Crippen LogP contribution in [0.4, 0.5) is 5.69 Å². The highest BCUT2D eigenvalue weighted by atomic mass is 16.4. The molecule has 1 aromatic heterocycles. The third kappa shape index (κ3) is 3.79. The molecule has 0 aliphatic rings. The summed E-state index contributed by atoms with van der Waals surface area (Å²) in [5, 5.41) is 22.0. The van der Waals surface area contributed by atoms with Crippen molar-refractivity contribution in [3.63, 3.8) is 0 Å². The average molecular weight is 366 g/mol. The van der Waals surface area contributed by atoms with E-state index >= 15 is 0 Å². The molecule has 3 N–H and O–H groups in total. The zero-order valence-electron chi connectivity index (χ0n) is 15.5. The summed E-state index contributed by atoms with van der Waals surface area (Å²) in [4.78, 5) is 22.0. The first-order valence-corrected chi connectivity index (χ1v) is 8.72. The standard InChI is InChI=1S/C21H22N2O4/c1-12(2)17-9-14(4-7-19(17)24)11-23-13(3)8-15-10-16(5-6-18(15)23)22-20(25)21(26)27/h4-10,12,24H,11H2,1-3H3,(H,22,25)(H,26,27). The third-order valence-corrected chi connectivity index (χ3v) is 4.62. The minimum atomic E-state index is -1.52. The fourth-order valence-electron chi connectivity index (χ4n) is 3.23. The van der Waals surface area contributed by atoms with Crippen molar-refractivity contribution in [3.05, 3.63) is 59.3 Å². The maximum absolute atomic E-state index is 11.3. The predicted molar refractivity (Wildman–Crippen MR) is 104 cm³/mol. The van der Waals surface area contributed by atoms with Crippen LogP contribution in [0.2, 0.25) is 0 Å². The number of aryl methyl sites for hydroxylation is 1. The second-order valence-corrected chi connectivity index (χ2v) is 6.95. The summed E-state index contributed by atoms with van der Waals surface area (Å²) >= 11 is 0. The minimum absolute atomic E-state index is 0.229. The number of carbonyl (C=O) groups is 2. The molecule has 3 aromatic rings. The number of rotatable bonds is 4. The van der Waals surface area contributed by atoms with E-state index in [4.69, 9.17) is 5.11 Å². The van der Waals surface area contributed by atoms with Crippen molar-refractivity contribution in [1.82, 2.24) is 4.57 Å². The molecule has 0 atom stereocenters. The number of nitrogens with zero attached hydrogens (tertiary/aromatic N) is 1. The molecule has 27 heavy (non-hydrogen) atoms. The Bertz CT molecular complexity index is 1030. The van der Waals surface area contributed by atoms with Crippen LogP contribution in [-0.4, -0.2) is 26.7 Å². The van der Waals surface area contributed by atoms with Gasteiger partial charge in [-0.1, -0.05) is 26.0 Å². The Hall–Kier alpha value is -3.28. The first-order valence-electron chi connectivity index (χ1n) is 8.72. The first-order chi connectivity index (χ1) is 12.8. The number of phenols is 1. The highest BCUT2D eigenvalue weighted by Crippen LogP contribution is 2.28. The number of nitrogens with one attached hydrogen (secondary N) is 1. The summed E-state index contributed by atoms with van der Waals surface area (Å²) in [5.74, 6) is -2.04. The van der Waals surface area contributed by atoms with Crippen LogP contribution < -0.4 is 5.32 Å². The van der Waals surface area contributed by atoms with Crippen LogP contribution in [0.15, 0.2) is 42.5 Å². The number of hydrogen-bond acceptors (Lipinski definition) is 3. The van der Waals surface area contributed by atoms with Crippen LogP contribution in [0, 0.1) is 6.92 Å². The summed E-state index contributed by atoms with van der Waals surface area (Å²) in [6, 6.07) is 13.0. The Morgan fingerprint density at radius 2 is 1.85 bits per heavy atom. The largest absolute Gasteiger partial charge is 0.508 e. The number of anilines is 1.